The van der Waals surface area contributed by atoms with Gasteiger partial charge in [-0.1, -0.05) is 17.7 Å². The van der Waals surface area contributed by atoms with Crippen LogP contribution in [0.5, 0.6) is 0 Å². The number of furan rings is 1. The van der Waals surface area contributed by atoms with Gasteiger partial charge in [-0.25, -0.2) is 5.84 Å². The minimum Gasteiger partial charge on any atom is -0.459 e. The van der Waals surface area contributed by atoms with Gasteiger partial charge in [-0.15, -0.1) is 11.8 Å². The number of thioether (sulfide) groups is 1. The minimum atomic E-state index is -0.402. The summed E-state index contributed by atoms with van der Waals surface area (Å²) in [6.07, 6.45) is 1.50. The molecule has 1 amide bonds. The average molecular weight is 276 g/mol. The van der Waals surface area contributed by atoms with Crippen molar-refractivity contribution in [3.63, 3.8) is 0 Å². The molecule has 0 saturated heterocycles. The van der Waals surface area contributed by atoms with Crippen LogP contribution >= 0.6 is 11.8 Å². The summed E-state index contributed by atoms with van der Waals surface area (Å²) in [4.78, 5) is 12.7. The molecule has 0 aliphatic carbocycles. The fourth-order valence-corrected chi connectivity index (χ4v) is 2.82. The van der Waals surface area contributed by atoms with Crippen LogP contribution in [0, 0.1) is 13.8 Å². The number of amides is 1. The Morgan fingerprint density at radius 3 is 2.84 bits per heavy atom. The average Bonchev–Trinajstić information content (AvgIpc) is 2.85. The first-order valence-electron chi connectivity index (χ1n) is 5.89. The minimum absolute atomic E-state index is 0.278. The van der Waals surface area contributed by atoms with E-state index in [1.54, 1.807) is 17.8 Å². The Morgan fingerprint density at radius 1 is 1.37 bits per heavy atom. The lowest BCUT2D eigenvalue weighted by molar-refractivity contribution is 0.0925. The van der Waals surface area contributed by atoms with E-state index in [1.165, 1.54) is 22.3 Å². The third-order valence-corrected chi connectivity index (χ3v) is 4.02. The van der Waals surface area contributed by atoms with Crippen molar-refractivity contribution in [3.8, 4) is 0 Å². The Bertz CT molecular complexity index is 593. The van der Waals surface area contributed by atoms with E-state index < -0.39 is 5.91 Å². The van der Waals surface area contributed by atoms with Crippen molar-refractivity contribution in [2.24, 2.45) is 5.84 Å². The van der Waals surface area contributed by atoms with Crippen LogP contribution in [0.4, 0.5) is 0 Å². The molecule has 100 valence electrons. The molecule has 0 saturated carbocycles. The van der Waals surface area contributed by atoms with E-state index >= 15 is 0 Å². The van der Waals surface area contributed by atoms with Crippen LogP contribution in [0.15, 0.2) is 39.8 Å². The first-order chi connectivity index (χ1) is 9.11. The first-order valence-corrected chi connectivity index (χ1v) is 6.87. The van der Waals surface area contributed by atoms with Crippen molar-refractivity contribution in [1.82, 2.24) is 5.43 Å². The fraction of sp³-hybridized carbons (Fsp3) is 0.214. The lowest BCUT2D eigenvalue weighted by Crippen LogP contribution is -2.30. The zero-order valence-electron chi connectivity index (χ0n) is 10.9. The van der Waals surface area contributed by atoms with Gasteiger partial charge < -0.3 is 4.42 Å². The van der Waals surface area contributed by atoms with Crippen LogP contribution in [0.2, 0.25) is 0 Å². The Labute approximate surface area is 116 Å². The normalized spacial score (nSPS) is 10.5. The van der Waals surface area contributed by atoms with Crippen LogP contribution in [-0.2, 0) is 5.75 Å². The predicted octanol–water partition coefficient (Wildman–Crippen LogP) is 2.79. The summed E-state index contributed by atoms with van der Waals surface area (Å²) < 4.78 is 5.15. The van der Waals surface area contributed by atoms with E-state index in [1.807, 2.05) is 0 Å². The number of hydrogen-bond acceptors (Lipinski definition) is 4. The zero-order chi connectivity index (χ0) is 13.8. The van der Waals surface area contributed by atoms with Crippen LogP contribution in [0.1, 0.15) is 27.2 Å². The second-order valence-electron chi connectivity index (χ2n) is 4.31. The lowest BCUT2D eigenvalue weighted by atomic mass is 10.2. The SMILES string of the molecule is Cc1ccc(SCc2ccoc2C(=O)NN)c(C)c1. The predicted molar refractivity (Wildman–Crippen MR) is 75.8 cm³/mol. The molecule has 2 rings (SSSR count). The van der Waals surface area contributed by atoms with Crippen LogP contribution < -0.4 is 11.3 Å². The molecule has 1 aromatic heterocycles. The summed E-state index contributed by atoms with van der Waals surface area (Å²) in [7, 11) is 0. The van der Waals surface area contributed by atoms with Crippen molar-refractivity contribution in [1.29, 1.82) is 0 Å². The van der Waals surface area contributed by atoms with Crippen LogP contribution in [-0.4, -0.2) is 5.91 Å². The molecule has 19 heavy (non-hydrogen) atoms. The highest BCUT2D eigenvalue weighted by molar-refractivity contribution is 7.98. The second-order valence-corrected chi connectivity index (χ2v) is 5.32. The van der Waals surface area contributed by atoms with Gasteiger partial charge in [0.05, 0.1) is 6.26 Å². The first kappa shape index (κ1) is 13.7. The molecule has 0 bridgehead atoms. The van der Waals surface area contributed by atoms with Crippen LogP contribution in [0.25, 0.3) is 0 Å². The summed E-state index contributed by atoms with van der Waals surface area (Å²) in [6, 6.07) is 8.11. The summed E-state index contributed by atoms with van der Waals surface area (Å²) in [5, 5.41) is 0. The van der Waals surface area contributed by atoms with E-state index in [9.17, 15) is 4.79 Å². The van der Waals surface area contributed by atoms with Crippen molar-refractivity contribution < 1.29 is 9.21 Å². The molecule has 1 aromatic carbocycles. The molecule has 0 unspecified atom stereocenters. The van der Waals surface area contributed by atoms with Gasteiger partial charge in [0, 0.05) is 16.2 Å². The van der Waals surface area contributed by atoms with E-state index in [0.29, 0.717) is 5.75 Å². The molecule has 0 aliphatic rings. The molecule has 0 radical (unpaired) electrons. The van der Waals surface area contributed by atoms with Gasteiger partial charge in [0.15, 0.2) is 5.76 Å². The lowest BCUT2D eigenvalue weighted by Gasteiger charge is -2.06. The molecule has 0 spiro atoms. The molecule has 3 N–H and O–H groups in total. The fourth-order valence-electron chi connectivity index (χ4n) is 1.83. The smallest absolute Gasteiger partial charge is 0.301 e. The standard InChI is InChI=1S/C14H16N2O2S/c1-9-3-4-12(10(2)7-9)19-8-11-5-6-18-13(11)14(17)16-15/h3-7H,8,15H2,1-2H3,(H,16,17). The number of carbonyl (C=O) groups is 1. The highest BCUT2D eigenvalue weighted by Gasteiger charge is 2.14. The third-order valence-electron chi connectivity index (χ3n) is 2.80. The van der Waals surface area contributed by atoms with E-state index in [2.05, 4.69) is 37.5 Å². The molecule has 0 atom stereocenters. The van der Waals surface area contributed by atoms with Crippen molar-refractivity contribution in [3.05, 3.63) is 53.0 Å². The van der Waals surface area contributed by atoms with E-state index in [4.69, 9.17) is 10.3 Å². The topological polar surface area (TPSA) is 68.3 Å². The van der Waals surface area contributed by atoms with Gasteiger partial charge in [0.1, 0.15) is 0 Å². The maximum atomic E-state index is 11.5. The molecule has 2 aromatic rings. The number of hydrazine groups is 1. The number of benzene rings is 1. The number of nitrogens with two attached hydrogens (primary N) is 1. The highest BCUT2D eigenvalue weighted by Crippen LogP contribution is 2.28. The van der Waals surface area contributed by atoms with Gasteiger partial charge in [-0.05, 0) is 31.5 Å². The summed E-state index contributed by atoms with van der Waals surface area (Å²) >= 11 is 1.67. The van der Waals surface area contributed by atoms with Crippen molar-refractivity contribution in [2.45, 2.75) is 24.5 Å². The Morgan fingerprint density at radius 2 is 2.16 bits per heavy atom. The number of nitrogens with one attached hydrogen (secondary N) is 1. The third kappa shape index (κ3) is 3.19. The molecule has 0 aliphatic heterocycles. The number of nitrogen functional groups attached to an aromatic ring is 1. The monoisotopic (exact) mass is 276 g/mol. The Hall–Kier alpha value is -1.72. The summed E-state index contributed by atoms with van der Waals surface area (Å²) in [5.74, 6) is 5.66. The number of carbonyl (C=O) groups excluding carboxylic acids is 1. The zero-order valence-corrected chi connectivity index (χ0v) is 11.7. The maximum Gasteiger partial charge on any atom is 0.301 e. The van der Waals surface area contributed by atoms with Gasteiger partial charge in [0.25, 0.3) is 0 Å². The van der Waals surface area contributed by atoms with Gasteiger partial charge in [-0.2, -0.15) is 0 Å². The van der Waals surface area contributed by atoms with E-state index in [-0.39, 0.29) is 5.76 Å². The van der Waals surface area contributed by atoms with E-state index in [0.717, 1.165) is 5.56 Å². The molecular formula is C14H16N2O2S. The van der Waals surface area contributed by atoms with Crippen molar-refractivity contribution in [2.75, 3.05) is 0 Å². The second kappa shape index (κ2) is 5.95. The van der Waals surface area contributed by atoms with Crippen LogP contribution in [0.3, 0.4) is 0 Å². The van der Waals surface area contributed by atoms with Gasteiger partial charge in [-0.3, -0.25) is 10.2 Å². The molecule has 4 nitrogen and oxygen atoms in total. The quantitative estimate of drug-likeness (QED) is 0.390. The van der Waals surface area contributed by atoms with Crippen molar-refractivity contribution >= 4 is 17.7 Å². The largest absolute Gasteiger partial charge is 0.459 e. The maximum absolute atomic E-state index is 11.5. The summed E-state index contributed by atoms with van der Waals surface area (Å²) in [6.45, 7) is 4.15. The molecule has 0 fully saturated rings. The number of rotatable bonds is 4. The van der Waals surface area contributed by atoms with Gasteiger partial charge in [0.2, 0.25) is 0 Å². The Kier molecular flexibility index (Phi) is 4.29. The number of aryl methyl sites for hydroxylation is 2. The number of hydrogen-bond donors (Lipinski definition) is 2. The molecule has 1 heterocycles. The molecule has 5 heteroatoms. The summed E-state index contributed by atoms with van der Waals surface area (Å²) in [5.41, 5.74) is 5.40. The Balaban J connectivity index is 2.10. The molecular weight excluding hydrogens is 260 g/mol. The van der Waals surface area contributed by atoms with Gasteiger partial charge >= 0.3 is 5.91 Å². The highest BCUT2D eigenvalue weighted by atomic mass is 32.2.